The quantitative estimate of drug-likeness (QED) is 0.892. The second kappa shape index (κ2) is 7.41. The summed E-state index contributed by atoms with van der Waals surface area (Å²) in [5.74, 6) is 0.0670. The van der Waals surface area contributed by atoms with Crippen molar-refractivity contribution in [1.82, 2.24) is 5.32 Å². The summed E-state index contributed by atoms with van der Waals surface area (Å²) in [5, 5.41) is 2.90. The van der Waals surface area contributed by atoms with Crippen molar-refractivity contribution in [1.29, 1.82) is 0 Å². The average molecular weight is 277 g/mol. The van der Waals surface area contributed by atoms with E-state index < -0.39 is 0 Å². The first-order valence-electron chi connectivity index (χ1n) is 7.17. The molecule has 4 nitrogen and oxygen atoms in total. The lowest BCUT2D eigenvalue weighted by Crippen LogP contribution is -2.39. The molecular weight excluding hydrogens is 254 g/mol. The van der Waals surface area contributed by atoms with Crippen LogP contribution in [0.2, 0.25) is 0 Å². The van der Waals surface area contributed by atoms with Gasteiger partial charge in [0.1, 0.15) is 0 Å². The minimum absolute atomic E-state index is 0.00526. The van der Waals surface area contributed by atoms with Crippen molar-refractivity contribution in [2.24, 2.45) is 0 Å². The van der Waals surface area contributed by atoms with Gasteiger partial charge in [0.2, 0.25) is 5.91 Å². The summed E-state index contributed by atoms with van der Waals surface area (Å²) < 4.78 is 10.8. The first-order valence-corrected chi connectivity index (χ1v) is 7.17. The number of nitrogens with one attached hydrogen (secondary N) is 1. The van der Waals surface area contributed by atoms with Crippen LogP contribution >= 0.6 is 0 Å². The normalized spacial score (nSPS) is 18.8. The maximum absolute atomic E-state index is 11.8. The third-order valence-corrected chi connectivity index (χ3v) is 3.62. The highest BCUT2D eigenvalue weighted by Gasteiger charge is 2.15. The highest BCUT2D eigenvalue weighted by molar-refractivity contribution is 5.76. The predicted octanol–water partition coefficient (Wildman–Crippen LogP) is 1.77. The van der Waals surface area contributed by atoms with Crippen molar-refractivity contribution in [3.63, 3.8) is 0 Å². The SMILES string of the molecule is Cc1ccc(CCC(=O)NCC2COCCO2)cc1C. The van der Waals surface area contributed by atoms with Gasteiger partial charge in [-0.25, -0.2) is 0 Å². The van der Waals surface area contributed by atoms with Gasteiger partial charge in [-0.05, 0) is 37.0 Å². The molecule has 0 saturated carbocycles. The monoisotopic (exact) mass is 277 g/mol. The summed E-state index contributed by atoms with van der Waals surface area (Å²) in [6.45, 7) is 6.56. The fourth-order valence-corrected chi connectivity index (χ4v) is 2.19. The van der Waals surface area contributed by atoms with Gasteiger partial charge in [-0.3, -0.25) is 4.79 Å². The van der Waals surface area contributed by atoms with Gasteiger partial charge in [-0.2, -0.15) is 0 Å². The zero-order valence-corrected chi connectivity index (χ0v) is 12.3. The molecule has 1 aromatic carbocycles. The van der Waals surface area contributed by atoms with Gasteiger partial charge in [-0.15, -0.1) is 0 Å². The molecule has 110 valence electrons. The van der Waals surface area contributed by atoms with Gasteiger partial charge >= 0.3 is 0 Å². The minimum atomic E-state index is -0.00526. The Balaban J connectivity index is 1.70. The number of carbonyl (C=O) groups is 1. The molecule has 1 atom stereocenters. The average Bonchev–Trinajstić information content (AvgIpc) is 2.47. The lowest BCUT2D eigenvalue weighted by atomic mass is 10.0. The number of ether oxygens (including phenoxy) is 2. The van der Waals surface area contributed by atoms with Crippen molar-refractivity contribution in [2.45, 2.75) is 32.8 Å². The van der Waals surface area contributed by atoms with E-state index in [0.29, 0.717) is 32.8 Å². The molecular formula is C16H23NO3. The second-order valence-electron chi connectivity index (χ2n) is 5.29. The van der Waals surface area contributed by atoms with Crippen molar-refractivity contribution in [3.05, 3.63) is 34.9 Å². The molecule has 1 aromatic rings. The molecule has 1 saturated heterocycles. The van der Waals surface area contributed by atoms with Crippen LogP contribution in [0.5, 0.6) is 0 Å². The first-order chi connectivity index (χ1) is 9.65. The summed E-state index contributed by atoms with van der Waals surface area (Å²) in [6, 6.07) is 6.35. The topological polar surface area (TPSA) is 47.6 Å². The van der Waals surface area contributed by atoms with E-state index in [1.807, 2.05) is 0 Å². The summed E-state index contributed by atoms with van der Waals surface area (Å²) in [5.41, 5.74) is 3.77. The number of carbonyl (C=O) groups excluding carboxylic acids is 1. The number of benzene rings is 1. The summed E-state index contributed by atoms with van der Waals surface area (Å²) in [7, 11) is 0. The maximum atomic E-state index is 11.8. The molecule has 1 amide bonds. The maximum Gasteiger partial charge on any atom is 0.220 e. The van der Waals surface area contributed by atoms with Crippen LogP contribution in [0.3, 0.4) is 0 Å². The Hall–Kier alpha value is -1.39. The highest BCUT2D eigenvalue weighted by atomic mass is 16.6. The van der Waals surface area contributed by atoms with E-state index in [1.165, 1.54) is 16.7 Å². The summed E-state index contributed by atoms with van der Waals surface area (Å²) >= 11 is 0. The number of amides is 1. The zero-order chi connectivity index (χ0) is 14.4. The van der Waals surface area contributed by atoms with Crippen LogP contribution in [0.15, 0.2) is 18.2 Å². The molecule has 1 N–H and O–H groups in total. The summed E-state index contributed by atoms with van der Waals surface area (Å²) in [4.78, 5) is 11.8. The number of hydrogen-bond acceptors (Lipinski definition) is 3. The fraction of sp³-hybridized carbons (Fsp3) is 0.562. The van der Waals surface area contributed by atoms with E-state index >= 15 is 0 Å². The van der Waals surface area contributed by atoms with Crippen LogP contribution in [0.4, 0.5) is 0 Å². The molecule has 4 heteroatoms. The van der Waals surface area contributed by atoms with E-state index in [2.05, 4.69) is 37.4 Å². The molecule has 1 heterocycles. The Morgan fingerprint density at radius 2 is 2.15 bits per heavy atom. The fourth-order valence-electron chi connectivity index (χ4n) is 2.19. The van der Waals surface area contributed by atoms with E-state index in [1.54, 1.807) is 0 Å². The Kier molecular flexibility index (Phi) is 5.56. The third kappa shape index (κ3) is 4.62. The Morgan fingerprint density at radius 1 is 1.30 bits per heavy atom. The van der Waals surface area contributed by atoms with Gasteiger partial charge < -0.3 is 14.8 Å². The summed E-state index contributed by atoms with van der Waals surface area (Å²) in [6.07, 6.45) is 1.28. The largest absolute Gasteiger partial charge is 0.376 e. The number of aryl methyl sites for hydroxylation is 3. The third-order valence-electron chi connectivity index (χ3n) is 3.62. The van der Waals surface area contributed by atoms with E-state index in [4.69, 9.17) is 9.47 Å². The molecule has 0 bridgehead atoms. The molecule has 2 rings (SSSR count). The Morgan fingerprint density at radius 3 is 2.85 bits per heavy atom. The van der Waals surface area contributed by atoms with Crippen LogP contribution in [0.25, 0.3) is 0 Å². The van der Waals surface area contributed by atoms with Gasteiger partial charge in [-0.1, -0.05) is 18.2 Å². The smallest absolute Gasteiger partial charge is 0.220 e. The highest BCUT2D eigenvalue weighted by Crippen LogP contribution is 2.11. The van der Waals surface area contributed by atoms with E-state index in [-0.39, 0.29) is 12.0 Å². The standard InChI is InChI=1S/C16H23NO3/c1-12-3-4-14(9-13(12)2)5-6-16(18)17-10-15-11-19-7-8-20-15/h3-4,9,15H,5-8,10-11H2,1-2H3,(H,17,18). The Bertz CT molecular complexity index is 453. The predicted molar refractivity (Wildman–Crippen MR) is 77.8 cm³/mol. The lowest BCUT2D eigenvalue weighted by molar-refractivity contribution is -0.123. The minimum Gasteiger partial charge on any atom is -0.376 e. The molecule has 0 spiro atoms. The van der Waals surface area contributed by atoms with Crippen molar-refractivity contribution >= 4 is 5.91 Å². The van der Waals surface area contributed by atoms with Crippen molar-refractivity contribution in [2.75, 3.05) is 26.4 Å². The number of hydrogen-bond donors (Lipinski definition) is 1. The second-order valence-corrected chi connectivity index (χ2v) is 5.29. The molecule has 1 aliphatic heterocycles. The molecule has 1 unspecified atom stereocenters. The van der Waals surface area contributed by atoms with Crippen LogP contribution in [-0.2, 0) is 20.7 Å². The zero-order valence-electron chi connectivity index (χ0n) is 12.3. The van der Waals surface area contributed by atoms with E-state index in [9.17, 15) is 4.79 Å². The molecule has 20 heavy (non-hydrogen) atoms. The number of rotatable bonds is 5. The van der Waals surface area contributed by atoms with Gasteiger partial charge in [0.05, 0.1) is 25.9 Å². The van der Waals surface area contributed by atoms with Crippen molar-refractivity contribution < 1.29 is 14.3 Å². The molecule has 0 aromatic heterocycles. The molecule has 0 radical (unpaired) electrons. The molecule has 0 aliphatic carbocycles. The Labute approximate surface area is 120 Å². The van der Waals surface area contributed by atoms with Crippen LogP contribution in [0.1, 0.15) is 23.1 Å². The van der Waals surface area contributed by atoms with Gasteiger partial charge in [0.15, 0.2) is 0 Å². The molecule has 1 fully saturated rings. The van der Waals surface area contributed by atoms with Crippen LogP contribution in [0, 0.1) is 13.8 Å². The van der Waals surface area contributed by atoms with Crippen LogP contribution < -0.4 is 5.32 Å². The van der Waals surface area contributed by atoms with Gasteiger partial charge in [0.25, 0.3) is 0 Å². The van der Waals surface area contributed by atoms with Crippen LogP contribution in [-0.4, -0.2) is 38.4 Å². The first kappa shape index (κ1) is 15.0. The van der Waals surface area contributed by atoms with Crippen molar-refractivity contribution in [3.8, 4) is 0 Å². The lowest BCUT2D eigenvalue weighted by Gasteiger charge is -2.23. The van der Waals surface area contributed by atoms with E-state index in [0.717, 1.165) is 6.42 Å². The molecule has 1 aliphatic rings. The van der Waals surface area contributed by atoms with Gasteiger partial charge in [0, 0.05) is 13.0 Å².